The van der Waals surface area contributed by atoms with Gasteiger partial charge >= 0.3 is 0 Å². The molecule has 0 saturated carbocycles. The van der Waals surface area contributed by atoms with E-state index in [0.717, 1.165) is 32.7 Å². The first kappa shape index (κ1) is 7.53. The highest BCUT2D eigenvalue weighted by molar-refractivity contribution is 4.91. The van der Waals surface area contributed by atoms with Gasteiger partial charge in [-0.25, -0.2) is 0 Å². The number of morpholine rings is 1. The maximum Gasteiger partial charge on any atom is 0.106 e. The van der Waals surface area contributed by atoms with Crippen molar-refractivity contribution in [3.05, 3.63) is 0 Å². The molecule has 2 atom stereocenters. The molecular formula is C8H15NO2. The molecular weight excluding hydrogens is 142 g/mol. The van der Waals surface area contributed by atoms with Gasteiger partial charge < -0.3 is 14.8 Å². The molecule has 0 aromatic carbocycles. The van der Waals surface area contributed by atoms with Crippen LogP contribution in [0.4, 0.5) is 0 Å². The number of ether oxygens (including phenoxy) is 2. The summed E-state index contributed by atoms with van der Waals surface area (Å²) in [7, 11) is 0. The second kappa shape index (κ2) is 2.73. The number of nitrogens with one attached hydrogen (secondary N) is 1. The highest BCUT2D eigenvalue weighted by atomic mass is 16.6. The molecule has 3 heteroatoms. The fourth-order valence-corrected chi connectivity index (χ4v) is 1.83. The standard InChI is InChI=1S/C8H15NO2/c1-7-4-9-5-8(11-7)2-3-10-6-8/h7,9H,2-6H2,1H3. The Morgan fingerprint density at radius 1 is 1.55 bits per heavy atom. The van der Waals surface area contributed by atoms with Crippen LogP contribution in [0.2, 0.25) is 0 Å². The number of hydrogen-bond donors (Lipinski definition) is 1. The van der Waals surface area contributed by atoms with Gasteiger partial charge in [-0.2, -0.15) is 0 Å². The smallest absolute Gasteiger partial charge is 0.106 e. The lowest BCUT2D eigenvalue weighted by atomic mass is 10.0. The summed E-state index contributed by atoms with van der Waals surface area (Å²) in [5.41, 5.74) is 0.0116. The van der Waals surface area contributed by atoms with Gasteiger partial charge in [0.1, 0.15) is 5.60 Å². The van der Waals surface area contributed by atoms with Gasteiger partial charge in [0, 0.05) is 26.1 Å². The maximum absolute atomic E-state index is 5.85. The zero-order valence-corrected chi connectivity index (χ0v) is 6.93. The first-order valence-corrected chi connectivity index (χ1v) is 4.27. The third kappa shape index (κ3) is 1.41. The molecule has 0 aliphatic carbocycles. The molecule has 2 unspecified atom stereocenters. The third-order valence-electron chi connectivity index (χ3n) is 2.40. The molecule has 11 heavy (non-hydrogen) atoms. The molecule has 64 valence electrons. The minimum absolute atomic E-state index is 0.0116. The van der Waals surface area contributed by atoms with Crippen molar-refractivity contribution in [2.24, 2.45) is 0 Å². The highest BCUT2D eigenvalue weighted by Gasteiger charge is 2.39. The summed E-state index contributed by atoms with van der Waals surface area (Å²) in [6.07, 6.45) is 1.38. The van der Waals surface area contributed by atoms with E-state index < -0.39 is 0 Å². The molecule has 2 heterocycles. The van der Waals surface area contributed by atoms with Crippen molar-refractivity contribution >= 4 is 0 Å². The van der Waals surface area contributed by atoms with Crippen molar-refractivity contribution in [1.82, 2.24) is 5.32 Å². The Hall–Kier alpha value is -0.120. The van der Waals surface area contributed by atoms with Crippen molar-refractivity contribution in [3.8, 4) is 0 Å². The maximum atomic E-state index is 5.85. The Kier molecular flexibility index (Phi) is 1.87. The lowest BCUT2D eigenvalue weighted by Gasteiger charge is -2.36. The number of hydrogen-bond acceptors (Lipinski definition) is 3. The molecule has 0 aromatic heterocycles. The van der Waals surface area contributed by atoms with Crippen molar-refractivity contribution in [1.29, 1.82) is 0 Å². The molecule has 0 aromatic rings. The Labute approximate surface area is 67.1 Å². The zero-order chi connectivity index (χ0) is 7.73. The average Bonchev–Trinajstić information content (AvgIpc) is 2.37. The molecule has 1 spiro atoms. The molecule has 2 fully saturated rings. The Bertz CT molecular complexity index is 143. The molecule has 1 N–H and O–H groups in total. The monoisotopic (exact) mass is 157 g/mol. The SMILES string of the molecule is CC1CNCC2(CCOC2)O1. The van der Waals surface area contributed by atoms with Crippen LogP contribution >= 0.6 is 0 Å². The minimum Gasteiger partial charge on any atom is -0.378 e. The normalized spacial score (nSPS) is 45.0. The van der Waals surface area contributed by atoms with Crippen LogP contribution in [0.5, 0.6) is 0 Å². The van der Waals surface area contributed by atoms with Gasteiger partial charge in [0.2, 0.25) is 0 Å². The quantitative estimate of drug-likeness (QED) is 0.543. The van der Waals surface area contributed by atoms with Gasteiger partial charge in [0.25, 0.3) is 0 Å². The van der Waals surface area contributed by atoms with Crippen molar-refractivity contribution in [2.75, 3.05) is 26.3 Å². The molecule has 2 aliphatic rings. The van der Waals surface area contributed by atoms with Crippen LogP contribution in [0, 0.1) is 0 Å². The van der Waals surface area contributed by atoms with E-state index in [0.29, 0.717) is 6.10 Å². The van der Waals surface area contributed by atoms with E-state index in [9.17, 15) is 0 Å². The lowest BCUT2D eigenvalue weighted by Crippen LogP contribution is -2.53. The predicted molar refractivity (Wildman–Crippen MR) is 41.6 cm³/mol. The van der Waals surface area contributed by atoms with E-state index in [-0.39, 0.29) is 5.60 Å². The fourth-order valence-electron chi connectivity index (χ4n) is 1.83. The molecule has 2 aliphatic heterocycles. The first-order valence-electron chi connectivity index (χ1n) is 4.27. The Morgan fingerprint density at radius 2 is 2.45 bits per heavy atom. The van der Waals surface area contributed by atoms with E-state index in [1.807, 2.05) is 0 Å². The van der Waals surface area contributed by atoms with E-state index in [1.165, 1.54) is 0 Å². The summed E-state index contributed by atoms with van der Waals surface area (Å²) in [6, 6.07) is 0. The van der Waals surface area contributed by atoms with E-state index in [4.69, 9.17) is 9.47 Å². The van der Waals surface area contributed by atoms with E-state index in [2.05, 4.69) is 12.2 Å². The first-order chi connectivity index (χ1) is 5.31. The largest absolute Gasteiger partial charge is 0.378 e. The molecule has 0 radical (unpaired) electrons. The van der Waals surface area contributed by atoms with Crippen LogP contribution in [0.1, 0.15) is 13.3 Å². The van der Waals surface area contributed by atoms with Crippen LogP contribution in [0.15, 0.2) is 0 Å². The van der Waals surface area contributed by atoms with E-state index >= 15 is 0 Å². The lowest BCUT2D eigenvalue weighted by molar-refractivity contribution is -0.108. The van der Waals surface area contributed by atoms with Gasteiger partial charge in [-0.05, 0) is 6.92 Å². The summed E-state index contributed by atoms with van der Waals surface area (Å²) >= 11 is 0. The van der Waals surface area contributed by atoms with Crippen LogP contribution in [0.3, 0.4) is 0 Å². The summed E-state index contributed by atoms with van der Waals surface area (Å²) in [4.78, 5) is 0. The highest BCUT2D eigenvalue weighted by Crippen LogP contribution is 2.26. The van der Waals surface area contributed by atoms with Gasteiger partial charge in [-0.15, -0.1) is 0 Å². The van der Waals surface area contributed by atoms with Crippen LogP contribution in [-0.2, 0) is 9.47 Å². The van der Waals surface area contributed by atoms with Gasteiger partial charge in [-0.1, -0.05) is 0 Å². The molecule has 2 rings (SSSR count). The summed E-state index contributed by atoms with van der Waals surface area (Å²) < 4.78 is 11.2. The van der Waals surface area contributed by atoms with E-state index in [1.54, 1.807) is 0 Å². The summed E-state index contributed by atoms with van der Waals surface area (Å²) in [5.74, 6) is 0. The van der Waals surface area contributed by atoms with Crippen molar-refractivity contribution < 1.29 is 9.47 Å². The van der Waals surface area contributed by atoms with Gasteiger partial charge in [-0.3, -0.25) is 0 Å². The molecule has 0 bridgehead atoms. The van der Waals surface area contributed by atoms with Crippen LogP contribution in [-0.4, -0.2) is 38.0 Å². The van der Waals surface area contributed by atoms with Gasteiger partial charge in [0.05, 0.1) is 12.7 Å². The van der Waals surface area contributed by atoms with Crippen molar-refractivity contribution in [2.45, 2.75) is 25.0 Å². The predicted octanol–water partition coefficient (Wildman–Crippen LogP) is 0.154. The van der Waals surface area contributed by atoms with Crippen molar-refractivity contribution in [3.63, 3.8) is 0 Å². The second-order valence-electron chi connectivity index (χ2n) is 3.54. The topological polar surface area (TPSA) is 30.5 Å². The van der Waals surface area contributed by atoms with Crippen LogP contribution < -0.4 is 5.32 Å². The third-order valence-corrected chi connectivity index (χ3v) is 2.40. The fraction of sp³-hybridized carbons (Fsp3) is 1.00. The average molecular weight is 157 g/mol. The molecule has 3 nitrogen and oxygen atoms in total. The summed E-state index contributed by atoms with van der Waals surface area (Å²) in [6.45, 7) is 5.66. The number of rotatable bonds is 0. The Morgan fingerprint density at radius 3 is 3.09 bits per heavy atom. The second-order valence-corrected chi connectivity index (χ2v) is 3.54. The van der Waals surface area contributed by atoms with Crippen LogP contribution in [0.25, 0.3) is 0 Å². The zero-order valence-electron chi connectivity index (χ0n) is 6.93. The Balaban J connectivity index is 2.00. The summed E-state index contributed by atoms with van der Waals surface area (Å²) in [5, 5.41) is 3.36. The molecule has 2 saturated heterocycles. The minimum atomic E-state index is 0.0116. The van der Waals surface area contributed by atoms with Gasteiger partial charge in [0.15, 0.2) is 0 Å². The molecule has 0 amide bonds.